The van der Waals surface area contributed by atoms with Gasteiger partial charge in [0.05, 0.1) is 12.2 Å². The summed E-state index contributed by atoms with van der Waals surface area (Å²) in [6.07, 6.45) is 1.58. The first-order chi connectivity index (χ1) is 17.2. The first-order valence-electron chi connectivity index (χ1n) is 11.9. The van der Waals surface area contributed by atoms with Crippen molar-refractivity contribution in [2.45, 2.75) is 19.4 Å². The van der Waals surface area contributed by atoms with E-state index in [1.807, 2.05) is 89.8 Å². The molecule has 1 saturated heterocycles. The Kier molecular flexibility index (Phi) is 7.05. The van der Waals surface area contributed by atoms with Crippen molar-refractivity contribution < 1.29 is 4.79 Å². The summed E-state index contributed by atoms with van der Waals surface area (Å²) in [4.78, 5) is 17.8. The van der Waals surface area contributed by atoms with Gasteiger partial charge < -0.3 is 9.80 Å². The highest BCUT2D eigenvalue weighted by atomic mass is 35.5. The van der Waals surface area contributed by atoms with E-state index in [0.29, 0.717) is 11.6 Å². The topological polar surface area (TPSA) is 49.3 Å². The van der Waals surface area contributed by atoms with Crippen molar-refractivity contribution in [3.8, 4) is 11.3 Å². The molecule has 0 N–H and O–H groups in total. The molecule has 1 amide bonds. The van der Waals surface area contributed by atoms with Crippen LogP contribution in [-0.4, -0.2) is 29.2 Å². The molecule has 0 bridgehead atoms. The second-order valence-electron chi connectivity index (χ2n) is 8.79. The smallest absolute Gasteiger partial charge is 0.230 e. The molecule has 176 valence electrons. The monoisotopic (exact) mass is 482 g/mol. The number of piperidine rings is 1. The van der Waals surface area contributed by atoms with E-state index in [2.05, 4.69) is 27.2 Å². The molecule has 1 aliphatic heterocycles. The predicted octanol–water partition coefficient (Wildman–Crippen LogP) is 6.25. The van der Waals surface area contributed by atoms with Crippen molar-refractivity contribution in [3.63, 3.8) is 0 Å². The minimum Gasteiger partial charge on any atom is -0.355 e. The first-order valence-corrected chi connectivity index (χ1v) is 12.3. The molecule has 5 nitrogen and oxygen atoms in total. The Morgan fingerprint density at radius 1 is 0.829 bits per heavy atom. The van der Waals surface area contributed by atoms with Gasteiger partial charge in [-0.25, -0.2) is 0 Å². The summed E-state index contributed by atoms with van der Waals surface area (Å²) < 4.78 is 0. The van der Waals surface area contributed by atoms with Gasteiger partial charge in [0.2, 0.25) is 5.91 Å². The standard InChI is InChI=1S/C29H27ClN4O/c30-25-13-11-23(12-14-25)27-15-16-28(32-31-27)33-19-17-24(18-20-33)29(35)34(26-9-5-2-6-10-26)21-22-7-3-1-4-8-22/h1-16,24H,17-21H2. The number of aromatic nitrogens is 2. The minimum absolute atomic E-state index is 0.0172. The molecule has 0 saturated carbocycles. The van der Waals surface area contributed by atoms with Gasteiger partial charge >= 0.3 is 0 Å². The van der Waals surface area contributed by atoms with Crippen LogP contribution in [0, 0.1) is 5.92 Å². The lowest BCUT2D eigenvalue weighted by Crippen LogP contribution is -2.42. The van der Waals surface area contributed by atoms with Gasteiger partial charge in [0, 0.05) is 35.3 Å². The van der Waals surface area contributed by atoms with E-state index in [9.17, 15) is 4.79 Å². The number of nitrogens with zero attached hydrogens (tertiary/aromatic N) is 4. The molecular weight excluding hydrogens is 456 g/mol. The third-order valence-corrected chi connectivity index (χ3v) is 6.73. The lowest BCUT2D eigenvalue weighted by atomic mass is 9.94. The summed E-state index contributed by atoms with van der Waals surface area (Å²) in [7, 11) is 0. The predicted molar refractivity (Wildman–Crippen MR) is 141 cm³/mol. The number of benzene rings is 3. The molecule has 1 aliphatic rings. The highest BCUT2D eigenvalue weighted by Gasteiger charge is 2.30. The number of amides is 1. The molecule has 1 fully saturated rings. The van der Waals surface area contributed by atoms with E-state index in [-0.39, 0.29) is 11.8 Å². The Morgan fingerprint density at radius 2 is 1.49 bits per heavy atom. The van der Waals surface area contributed by atoms with Crippen LogP contribution < -0.4 is 9.80 Å². The number of rotatable bonds is 6. The molecule has 4 aromatic rings. The third kappa shape index (κ3) is 5.52. The zero-order chi connectivity index (χ0) is 24.0. The van der Waals surface area contributed by atoms with Gasteiger partial charge in [-0.1, -0.05) is 72.3 Å². The zero-order valence-corrected chi connectivity index (χ0v) is 20.2. The van der Waals surface area contributed by atoms with Crippen molar-refractivity contribution in [1.29, 1.82) is 0 Å². The Morgan fingerprint density at radius 3 is 2.11 bits per heavy atom. The fourth-order valence-corrected chi connectivity index (χ4v) is 4.64. The molecule has 0 radical (unpaired) electrons. The van der Waals surface area contributed by atoms with Gasteiger partial charge in [-0.2, -0.15) is 0 Å². The quantitative estimate of drug-likeness (QED) is 0.326. The van der Waals surface area contributed by atoms with Gasteiger partial charge in [0.1, 0.15) is 0 Å². The van der Waals surface area contributed by atoms with Crippen LogP contribution in [0.15, 0.2) is 97.1 Å². The highest BCUT2D eigenvalue weighted by Crippen LogP contribution is 2.28. The van der Waals surface area contributed by atoms with Gasteiger partial charge in [-0.3, -0.25) is 4.79 Å². The van der Waals surface area contributed by atoms with Gasteiger partial charge in [0.25, 0.3) is 0 Å². The third-order valence-electron chi connectivity index (χ3n) is 6.48. The van der Waals surface area contributed by atoms with Crippen LogP contribution in [0.2, 0.25) is 5.02 Å². The van der Waals surface area contributed by atoms with E-state index in [1.165, 1.54) is 0 Å². The van der Waals surface area contributed by atoms with Crippen molar-refractivity contribution in [2.75, 3.05) is 22.9 Å². The summed E-state index contributed by atoms with van der Waals surface area (Å²) in [5.41, 5.74) is 3.86. The van der Waals surface area contributed by atoms with Gasteiger partial charge in [-0.05, 0) is 54.8 Å². The normalized spacial score (nSPS) is 14.0. The maximum Gasteiger partial charge on any atom is 0.230 e. The number of hydrogen-bond acceptors (Lipinski definition) is 4. The summed E-state index contributed by atoms with van der Waals surface area (Å²) in [5.74, 6) is 1.01. The van der Waals surface area contributed by atoms with Crippen molar-refractivity contribution in [1.82, 2.24) is 10.2 Å². The fourth-order valence-electron chi connectivity index (χ4n) is 4.51. The summed E-state index contributed by atoms with van der Waals surface area (Å²) in [5, 5.41) is 9.57. The molecule has 5 rings (SSSR count). The summed E-state index contributed by atoms with van der Waals surface area (Å²) in [6, 6.07) is 31.7. The Bertz CT molecular complexity index is 1240. The molecule has 0 spiro atoms. The zero-order valence-electron chi connectivity index (χ0n) is 19.4. The minimum atomic E-state index is -0.0172. The number of anilines is 2. The van der Waals surface area contributed by atoms with Crippen LogP contribution in [-0.2, 0) is 11.3 Å². The molecule has 0 unspecified atom stereocenters. The van der Waals surface area contributed by atoms with Gasteiger partial charge in [0.15, 0.2) is 5.82 Å². The van der Waals surface area contributed by atoms with Crippen LogP contribution in [0.5, 0.6) is 0 Å². The average Bonchev–Trinajstić information content (AvgIpc) is 2.93. The van der Waals surface area contributed by atoms with E-state index in [1.54, 1.807) is 0 Å². The van der Waals surface area contributed by atoms with Crippen LogP contribution in [0.3, 0.4) is 0 Å². The number of carbonyl (C=O) groups is 1. The lowest BCUT2D eigenvalue weighted by molar-refractivity contribution is -0.123. The SMILES string of the molecule is O=C(C1CCN(c2ccc(-c3ccc(Cl)cc3)nn2)CC1)N(Cc1ccccc1)c1ccccc1. The number of para-hydroxylation sites is 1. The molecule has 1 aromatic heterocycles. The van der Waals surface area contributed by atoms with Crippen LogP contribution in [0.25, 0.3) is 11.3 Å². The largest absolute Gasteiger partial charge is 0.355 e. The molecule has 3 aromatic carbocycles. The van der Waals surface area contributed by atoms with Crippen molar-refractivity contribution >= 4 is 29.0 Å². The fraction of sp³-hybridized carbons (Fsp3) is 0.207. The number of halogens is 1. The highest BCUT2D eigenvalue weighted by molar-refractivity contribution is 6.30. The first kappa shape index (κ1) is 23.1. The van der Waals surface area contributed by atoms with Crippen molar-refractivity contribution in [2.24, 2.45) is 5.92 Å². The second kappa shape index (κ2) is 10.7. The molecular formula is C29H27ClN4O. The van der Waals surface area contributed by atoms with Crippen LogP contribution in [0.4, 0.5) is 11.5 Å². The number of hydrogen-bond donors (Lipinski definition) is 0. The Labute approximate surface area is 211 Å². The van der Waals surface area contributed by atoms with Gasteiger partial charge in [-0.15, -0.1) is 10.2 Å². The molecule has 0 aliphatic carbocycles. The van der Waals surface area contributed by atoms with Crippen LogP contribution in [0.1, 0.15) is 18.4 Å². The Balaban J connectivity index is 1.25. The van der Waals surface area contributed by atoms with E-state index < -0.39 is 0 Å². The molecule has 0 atom stereocenters. The van der Waals surface area contributed by atoms with E-state index in [0.717, 1.165) is 54.3 Å². The summed E-state index contributed by atoms with van der Waals surface area (Å²) in [6.45, 7) is 2.13. The summed E-state index contributed by atoms with van der Waals surface area (Å²) >= 11 is 5.98. The van der Waals surface area contributed by atoms with Crippen LogP contribution >= 0.6 is 11.6 Å². The van der Waals surface area contributed by atoms with E-state index >= 15 is 0 Å². The lowest BCUT2D eigenvalue weighted by Gasteiger charge is -2.34. The molecule has 6 heteroatoms. The van der Waals surface area contributed by atoms with E-state index in [4.69, 9.17) is 11.6 Å². The Hall–Kier alpha value is -3.70. The molecule has 35 heavy (non-hydrogen) atoms. The molecule has 2 heterocycles. The number of carbonyl (C=O) groups excluding carboxylic acids is 1. The second-order valence-corrected chi connectivity index (χ2v) is 9.23. The maximum absolute atomic E-state index is 13.6. The maximum atomic E-state index is 13.6. The average molecular weight is 483 g/mol. The van der Waals surface area contributed by atoms with Crippen molar-refractivity contribution in [3.05, 3.63) is 108 Å².